The molecule has 0 aliphatic heterocycles. The third-order valence-electron chi connectivity index (χ3n) is 17.5. The predicted molar refractivity (Wildman–Crippen MR) is 365 cm³/mol. The SMILES string of the molecule is CCCCCCCCCCCC/C=C\C(OC(=O)CCCCCCCCCCCCCCCCCCCCC)C(COP(=O)(O)OCC[N+](C)(C)C)NC(=O)CCCCCCCCCCCCCCCCCCCCCCCCCCCCC. The number of ether oxygens (including phenoxy) is 1. The van der Waals surface area contributed by atoms with Crippen LogP contribution in [0, 0.1) is 0 Å². The van der Waals surface area contributed by atoms with Gasteiger partial charge >= 0.3 is 13.8 Å². The second-order valence-corrected chi connectivity index (χ2v) is 28.6. The number of likely N-dealkylation sites (N-methyl/N-ethyl adjacent to an activating group) is 1. The van der Waals surface area contributed by atoms with Crippen molar-refractivity contribution in [1.82, 2.24) is 5.32 Å². The first-order chi connectivity index (χ1) is 40.9. The standard InChI is InChI=1S/C74H147N2O7P/c1-7-10-13-16-19-22-25-28-30-32-34-35-36-37-38-39-40-41-43-44-46-48-51-54-57-60-63-66-73(77)75-71(70-82-84(79,80)81-69-68-76(4,5)6)72(65-62-59-56-53-50-27-24-21-18-15-12-9-3)83-74(78)67-64-61-58-55-52-49-47-45-42-33-31-29-26-23-20-17-14-11-8-2/h62,65,71-72H,7-61,63-64,66-70H2,1-6H3,(H-,75,77,79,80)/p+1/b65-62-. The van der Waals surface area contributed by atoms with Crippen molar-refractivity contribution in [3.8, 4) is 0 Å². The molecule has 0 aromatic rings. The lowest BCUT2D eigenvalue weighted by atomic mass is 10.0. The molecule has 1 amide bonds. The Morgan fingerprint density at radius 1 is 0.405 bits per heavy atom. The number of unbranched alkanes of at least 4 members (excludes halogenated alkanes) is 54. The Morgan fingerprint density at radius 2 is 0.679 bits per heavy atom. The summed E-state index contributed by atoms with van der Waals surface area (Å²) in [6.45, 7) is 7.10. The molecule has 0 bridgehead atoms. The van der Waals surface area contributed by atoms with Crippen LogP contribution in [0.2, 0.25) is 0 Å². The monoisotopic (exact) mass is 1210 g/mol. The first-order valence-corrected chi connectivity index (χ1v) is 39.0. The van der Waals surface area contributed by atoms with Gasteiger partial charge in [0.1, 0.15) is 19.3 Å². The maximum absolute atomic E-state index is 13.6. The quantitative estimate of drug-likeness (QED) is 0.0205. The van der Waals surface area contributed by atoms with Crippen LogP contribution < -0.4 is 5.32 Å². The normalized spacial score (nSPS) is 13.5. The van der Waals surface area contributed by atoms with Crippen LogP contribution in [-0.2, 0) is 27.9 Å². The van der Waals surface area contributed by atoms with E-state index in [9.17, 15) is 19.0 Å². The van der Waals surface area contributed by atoms with E-state index in [2.05, 4.69) is 32.2 Å². The van der Waals surface area contributed by atoms with Crippen molar-refractivity contribution < 1.29 is 37.3 Å². The molecular weight excluding hydrogens is 1060 g/mol. The number of amides is 1. The molecule has 0 fully saturated rings. The number of rotatable bonds is 70. The summed E-state index contributed by atoms with van der Waals surface area (Å²) in [5.74, 6) is -0.475. The molecule has 0 saturated carbocycles. The third kappa shape index (κ3) is 65.2. The Balaban J connectivity index is 4.92. The van der Waals surface area contributed by atoms with Crippen LogP contribution in [0.1, 0.15) is 400 Å². The zero-order valence-electron chi connectivity index (χ0n) is 57.4. The molecule has 10 heteroatoms. The number of nitrogens with zero attached hydrogens (tertiary/aromatic N) is 1. The predicted octanol–water partition coefficient (Wildman–Crippen LogP) is 23.9. The van der Waals surface area contributed by atoms with E-state index in [1.807, 2.05) is 27.2 Å². The topological polar surface area (TPSA) is 111 Å². The summed E-state index contributed by atoms with van der Waals surface area (Å²) in [5.41, 5.74) is 0. The number of allylic oxidation sites excluding steroid dienone is 1. The molecule has 84 heavy (non-hydrogen) atoms. The van der Waals surface area contributed by atoms with Crippen LogP contribution in [0.25, 0.3) is 0 Å². The number of carbonyl (C=O) groups is 2. The molecule has 0 spiro atoms. The average Bonchev–Trinajstić information content (AvgIpc) is 3.65. The molecule has 3 atom stereocenters. The lowest BCUT2D eigenvalue weighted by Gasteiger charge is -2.27. The van der Waals surface area contributed by atoms with Gasteiger partial charge in [0, 0.05) is 12.8 Å². The molecule has 0 heterocycles. The minimum absolute atomic E-state index is 0.0462. The van der Waals surface area contributed by atoms with Gasteiger partial charge in [-0.05, 0) is 31.8 Å². The molecule has 0 aromatic heterocycles. The minimum atomic E-state index is -4.45. The summed E-state index contributed by atoms with van der Waals surface area (Å²) in [4.78, 5) is 37.9. The van der Waals surface area contributed by atoms with Crippen molar-refractivity contribution >= 4 is 19.7 Å². The second-order valence-electron chi connectivity index (χ2n) is 27.2. The van der Waals surface area contributed by atoms with Gasteiger partial charge < -0.3 is 19.4 Å². The summed E-state index contributed by atoms with van der Waals surface area (Å²) >= 11 is 0. The molecule has 0 radical (unpaired) electrons. The van der Waals surface area contributed by atoms with E-state index in [0.29, 0.717) is 23.9 Å². The van der Waals surface area contributed by atoms with Crippen molar-refractivity contribution in [1.29, 1.82) is 0 Å². The van der Waals surface area contributed by atoms with Gasteiger partial charge in [0.05, 0.1) is 33.8 Å². The van der Waals surface area contributed by atoms with Gasteiger partial charge in [0.25, 0.3) is 0 Å². The van der Waals surface area contributed by atoms with Gasteiger partial charge in [-0.25, -0.2) is 4.57 Å². The van der Waals surface area contributed by atoms with Crippen LogP contribution in [0.4, 0.5) is 0 Å². The van der Waals surface area contributed by atoms with Crippen molar-refractivity contribution in [2.45, 2.75) is 412 Å². The Kier molecular flexibility index (Phi) is 63.8. The van der Waals surface area contributed by atoms with E-state index < -0.39 is 20.0 Å². The Hall–Kier alpha value is -1.25. The Labute approximate surface area is 524 Å². The molecular formula is C74H148N2O7P+. The number of hydrogen-bond donors (Lipinski definition) is 2. The largest absolute Gasteiger partial charge is 0.472 e. The van der Waals surface area contributed by atoms with Gasteiger partial charge in [-0.2, -0.15) is 0 Å². The molecule has 9 nitrogen and oxygen atoms in total. The number of phosphoric ester groups is 1. The van der Waals surface area contributed by atoms with E-state index >= 15 is 0 Å². The van der Waals surface area contributed by atoms with E-state index in [0.717, 1.165) is 57.8 Å². The van der Waals surface area contributed by atoms with Crippen molar-refractivity contribution in [3.63, 3.8) is 0 Å². The number of phosphoric acid groups is 1. The van der Waals surface area contributed by atoms with Gasteiger partial charge in [-0.3, -0.25) is 18.6 Å². The van der Waals surface area contributed by atoms with Gasteiger partial charge in [-0.15, -0.1) is 0 Å². The lowest BCUT2D eigenvalue weighted by Crippen LogP contribution is -2.47. The first kappa shape index (κ1) is 82.8. The summed E-state index contributed by atoms with van der Waals surface area (Å²) in [6, 6.07) is -0.841. The highest BCUT2D eigenvalue weighted by molar-refractivity contribution is 7.47. The van der Waals surface area contributed by atoms with Crippen LogP contribution in [0.5, 0.6) is 0 Å². The van der Waals surface area contributed by atoms with E-state index in [-0.39, 0.29) is 25.1 Å². The number of nitrogens with one attached hydrogen (secondary N) is 1. The molecule has 0 aliphatic rings. The van der Waals surface area contributed by atoms with Gasteiger partial charge in [0.2, 0.25) is 5.91 Å². The number of esters is 1. The number of quaternary nitrogens is 1. The van der Waals surface area contributed by atoms with E-state index in [1.165, 1.54) is 308 Å². The summed E-state index contributed by atoms with van der Waals surface area (Å²) in [6.07, 6.45) is 78.1. The fourth-order valence-electron chi connectivity index (χ4n) is 11.7. The smallest absolute Gasteiger partial charge is 0.456 e. The van der Waals surface area contributed by atoms with Crippen LogP contribution in [0.15, 0.2) is 12.2 Å². The first-order valence-electron chi connectivity index (χ1n) is 37.5. The van der Waals surface area contributed by atoms with Crippen molar-refractivity contribution in [2.24, 2.45) is 0 Å². The maximum atomic E-state index is 13.6. The second kappa shape index (κ2) is 64.7. The Morgan fingerprint density at radius 3 is 0.976 bits per heavy atom. The van der Waals surface area contributed by atoms with E-state index in [1.54, 1.807) is 0 Å². The highest BCUT2D eigenvalue weighted by Crippen LogP contribution is 2.43. The highest BCUT2D eigenvalue weighted by Gasteiger charge is 2.30. The summed E-state index contributed by atoms with van der Waals surface area (Å²) in [5, 5.41) is 3.08. The van der Waals surface area contributed by atoms with Crippen LogP contribution >= 0.6 is 7.82 Å². The molecule has 0 rings (SSSR count). The number of hydrogen-bond acceptors (Lipinski definition) is 6. The fraction of sp³-hybridized carbons (Fsp3) is 0.946. The fourth-order valence-corrected chi connectivity index (χ4v) is 12.4. The van der Waals surface area contributed by atoms with Crippen molar-refractivity contribution in [2.75, 3.05) is 40.9 Å². The lowest BCUT2D eigenvalue weighted by molar-refractivity contribution is -0.870. The Bertz CT molecular complexity index is 1440. The average molecular weight is 1210 g/mol. The zero-order valence-corrected chi connectivity index (χ0v) is 58.3. The molecule has 500 valence electrons. The number of carbonyl (C=O) groups excluding carboxylic acids is 2. The molecule has 0 aliphatic carbocycles. The minimum Gasteiger partial charge on any atom is -0.456 e. The molecule has 0 aromatic carbocycles. The highest BCUT2D eigenvalue weighted by atomic mass is 31.2. The maximum Gasteiger partial charge on any atom is 0.472 e. The van der Waals surface area contributed by atoms with E-state index in [4.69, 9.17) is 13.8 Å². The summed E-state index contributed by atoms with van der Waals surface area (Å²) in [7, 11) is 1.53. The van der Waals surface area contributed by atoms with Crippen molar-refractivity contribution in [3.05, 3.63) is 12.2 Å². The molecule has 0 saturated heterocycles. The van der Waals surface area contributed by atoms with Gasteiger partial charge in [0.15, 0.2) is 0 Å². The van der Waals surface area contributed by atoms with Crippen LogP contribution in [-0.4, -0.2) is 74.3 Å². The zero-order chi connectivity index (χ0) is 61.4. The molecule has 2 N–H and O–H groups in total. The van der Waals surface area contributed by atoms with Gasteiger partial charge in [-0.1, -0.05) is 367 Å². The third-order valence-corrected chi connectivity index (χ3v) is 18.5. The summed E-state index contributed by atoms with van der Waals surface area (Å²) < 4.78 is 30.9. The van der Waals surface area contributed by atoms with Crippen LogP contribution in [0.3, 0.4) is 0 Å². The molecule has 3 unspecified atom stereocenters.